The van der Waals surface area contributed by atoms with Gasteiger partial charge in [-0.2, -0.15) is 20.2 Å². The zero-order valence-electron chi connectivity index (χ0n) is 19.6. The van der Waals surface area contributed by atoms with Gasteiger partial charge in [0.05, 0.1) is 15.3 Å². The van der Waals surface area contributed by atoms with E-state index in [0.717, 1.165) is 16.5 Å². The van der Waals surface area contributed by atoms with Crippen molar-refractivity contribution < 1.29 is 17.8 Å². The highest BCUT2D eigenvalue weighted by molar-refractivity contribution is 8.30. The second kappa shape index (κ2) is 12.5. The van der Waals surface area contributed by atoms with Crippen LogP contribution in [-0.2, 0) is 21.5 Å². The number of hydrogen-bond acceptors (Lipinski definition) is 10. The van der Waals surface area contributed by atoms with Crippen LogP contribution in [0.3, 0.4) is 0 Å². The number of allylic oxidation sites excluding steroid dienone is 2. The summed E-state index contributed by atoms with van der Waals surface area (Å²) in [6.07, 6.45) is 6.59. The molecule has 35 heavy (non-hydrogen) atoms. The molecule has 0 unspecified atom stereocenters. The van der Waals surface area contributed by atoms with Gasteiger partial charge >= 0.3 is 0 Å². The number of unbranched alkanes of at least 4 members (excludes halogenated alkanes) is 1. The van der Waals surface area contributed by atoms with E-state index in [4.69, 9.17) is 16.8 Å². The van der Waals surface area contributed by atoms with Crippen molar-refractivity contribution in [3.8, 4) is 0 Å². The van der Waals surface area contributed by atoms with Gasteiger partial charge in [0.15, 0.2) is 0 Å². The molecule has 2 aliphatic heterocycles. The molecular weight excluding hydrogens is 567 g/mol. The number of nitrogens with zero attached hydrogens (tertiary/aromatic N) is 3. The molecule has 14 heteroatoms. The highest BCUT2D eigenvalue weighted by Gasteiger charge is 2.33. The van der Waals surface area contributed by atoms with Crippen LogP contribution in [0.5, 0.6) is 0 Å². The molecule has 0 saturated carbocycles. The zero-order valence-corrected chi connectivity index (χ0v) is 24.5. The minimum Gasteiger partial charge on any atom is -0.339 e. The Hall–Kier alpha value is -1.03. The number of rotatable bonds is 10. The largest absolute Gasteiger partial charge is 0.339 e. The summed E-state index contributed by atoms with van der Waals surface area (Å²) >= 11 is 11.1. The third-order valence-corrected chi connectivity index (χ3v) is 10.4. The predicted molar refractivity (Wildman–Crippen MR) is 153 cm³/mol. The zero-order chi connectivity index (χ0) is 25.8. The number of aromatic nitrogens is 1. The summed E-state index contributed by atoms with van der Waals surface area (Å²) in [5.74, 6) is 0.378. The van der Waals surface area contributed by atoms with Crippen LogP contribution in [0.1, 0.15) is 26.7 Å². The Labute approximate surface area is 226 Å². The van der Waals surface area contributed by atoms with Crippen LogP contribution in [0.2, 0.25) is 0 Å². The minimum absolute atomic E-state index is 0.147. The van der Waals surface area contributed by atoms with Crippen LogP contribution < -0.4 is 14.8 Å². The van der Waals surface area contributed by atoms with Gasteiger partial charge in [-0.3, -0.25) is 23.6 Å². The summed E-state index contributed by atoms with van der Waals surface area (Å²) in [5.41, 5.74) is 0.882. The lowest BCUT2D eigenvalue weighted by molar-refractivity contribution is -0.120. The van der Waals surface area contributed by atoms with Crippen molar-refractivity contribution in [1.29, 1.82) is 0 Å². The Bertz CT molecular complexity index is 1340. The maximum atomic E-state index is 13.1. The van der Waals surface area contributed by atoms with E-state index in [1.54, 1.807) is 27.3 Å². The molecule has 3 rings (SSSR count). The minimum atomic E-state index is -3.96. The van der Waals surface area contributed by atoms with Crippen molar-refractivity contribution in [2.75, 3.05) is 30.9 Å². The van der Waals surface area contributed by atoms with Crippen LogP contribution in [0.25, 0.3) is 11.0 Å². The van der Waals surface area contributed by atoms with Gasteiger partial charge in [-0.1, -0.05) is 35.7 Å². The molecular formula is C21H27N3O5S6. The monoisotopic (exact) mass is 593 g/mol. The first-order valence-corrected chi connectivity index (χ1v) is 16.7. The van der Waals surface area contributed by atoms with Gasteiger partial charge in [-0.15, -0.1) is 11.3 Å². The topological polar surface area (TPSA) is 99.9 Å². The Morgan fingerprint density at radius 1 is 1.17 bits per heavy atom. The van der Waals surface area contributed by atoms with Gasteiger partial charge in [0.2, 0.25) is 0 Å². The van der Waals surface area contributed by atoms with Crippen molar-refractivity contribution >= 4 is 90.2 Å². The molecule has 1 amide bonds. The molecule has 0 radical (unpaired) electrons. The van der Waals surface area contributed by atoms with Gasteiger partial charge in [0.25, 0.3) is 21.6 Å². The summed E-state index contributed by atoms with van der Waals surface area (Å²) in [6, 6.07) is 0. The summed E-state index contributed by atoms with van der Waals surface area (Å²) in [4.78, 5) is 30.3. The number of carbonyl (C=O) groups is 1. The first kappa shape index (κ1) is 28.5. The number of carbonyl (C=O) groups excluding carboxylic acids is 1. The Kier molecular flexibility index (Phi) is 10.2. The van der Waals surface area contributed by atoms with Crippen LogP contribution >= 0.6 is 58.8 Å². The van der Waals surface area contributed by atoms with Gasteiger partial charge in [0, 0.05) is 31.1 Å². The quantitative estimate of drug-likeness (QED) is 0.247. The van der Waals surface area contributed by atoms with E-state index in [2.05, 4.69) is 4.90 Å². The molecule has 0 aliphatic carbocycles. The maximum absolute atomic E-state index is 13.1. The van der Waals surface area contributed by atoms with Crippen molar-refractivity contribution in [3.63, 3.8) is 0 Å². The third kappa shape index (κ3) is 7.05. The SMILES string of the molecule is CCn1c(=O)/c(=C/C=C2/SC=C(C)N2CCCCS(=O)(=O)O)s/c1=C1\SC(=S)N(CCSC)C1=O. The van der Waals surface area contributed by atoms with E-state index >= 15 is 0 Å². The summed E-state index contributed by atoms with van der Waals surface area (Å²) in [5, 5.41) is 2.93. The second-order valence-corrected chi connectivity index (χ2v) is 13.8. The van der Waals surface area contributed by atoms with E-state index in [9.17, 15) is 18.0 Å². The van der Waals surface area contributed by atoms with Crippen LogP contribution in [-0.4, -0.2) is 68.4 Å². The highest BCUT2D eigenvalue weighted by atomic mass is 32.2. The number of thiocarbonyl (C=S) groups is 1. The summed E-state index contributed by atoms with van der Waals surface area (Å²) < 4.78 is 34.1. The first-order chi connectivity index (χ1) is 16.6. The standard InChI is InChI=1S/C21H27N3O5S6/c1-4-22-18(25)15(33-20(22)17-19(26)24(10-11-31-3)21(30)34-17)7-8-16-23(14(2)13-32-16)9-5-6-12-35(27,28)29/h7-8,13H,4-6,9-12H2,1-3H3,(H,27,28,29)/b15-7-,16-8+,20-17-. The molecule has 1 aromatic rings. The molecule has 2 aliphatic rings. The average Bonchev–Trinajstić information content (AvgIpc) is 3.40. The normalized spacial score (nSPS) is 20.1. The lowest BCUT2D eigenvalue weighted by Crippen LogP contribution is -2.34. The number of hydrogen-bond donors (Lipinski definition) is 1. The molecule has 1 N–H and O–H groups in total. The van der Waals surface area contributed by atoms with Crippen molar-refractivity contribution in [2.24, 2.45) is 0 Å². The molecule has 0 spiro atoms. The molecule has 192 valence electrons. The predicted octanol–water partition coefficient (Wildman–Crippen LogP) is 2.46. The number of amides is 1. The Morgan fingerprint density at radius 2 is 1.91 bits per heavy atom. The van der Waals surface area contributed by atoms with Gasteiger partial charge in [-0.05, 0) is 50.5 Å². The summed E-state index contributed by atoms with van der Waals surface area (Å²) in [7, 11) is -3.96. The second-order valence-electron chi connectivity index (χ2n) is 7.66. The van der Waals surface area contributed by atoms with Gasteiger partial charge in [0.1, 0.15) is 13.9 Å². The molecule has 0 aromatic carbocycles. The van der Waals surface area contributed by atoms with E-state index in [0.29, 0.717) is 50.9 Å². The average molecular weight is 594 g/mol. The fraction of sp³-hybridized carbons (Fsp3) is 0.476. The molecule has 1 fully saturated rings. The lowest BCUT2D eigenvalue weighted by Gasteiger charge is -2.21. The summed E-state index contributed by atoms with van der Waals surface area (Å²) in [6.45, 7) is 5.44. The van der Waals surface area contributed by atoms with Gasteiger partial charge < -0.3 is 4.90 Å². The van der Waals surface area contributed by atoms with Crippen molar-refractivity contribution in [3.05, 3.63) is 41.8 Å². The highest BCUT2D eigenvalue weighted by Crippen LogP contribution is 2.34. The Balaban J connectivity index is 1.89. The van der Waals surface area contributed by atoms with Crippen molar-refractivity contribution in [2.45, 2.75) is 33.2 Å². The van der Waals surface area contributed by atoms with Gasteiger partial charge in [-0.25, -0.2) is 0 Å². The molecule has 3 heterocycles. The smallest absolute Gasteiger partial charge is 0.269 e. The Morgan fingerprint density at radius 3 is 2.57 bits per heavy atom. The first-order valence-electron chi connectivity index (χ1n) is 10.8. The molecule has 8 nitrogen and oxygen atoms in total. The van der Waals surface area contributed by atoms with E-state index in [1.165, 1.54) is 34.9 Å². The fourth-order valence-corrected chi connectivity index (χ4v) is 7.89. The fourth-order valence-electron chi connectivity index (χ4n) is 3.46. The van der Waals surface area contributed by atoms with Crippen molar-refractivity contribution in [1.82, 2.24) is 14.4 Å². The van der Waals surface area contributed by atoms with Crippen LogP contribution in [0, 0.1) is 0 Å². The molecule has 1 aromatic heterocycles. The lowest BCUT2D eigenvalue weighted by atomic mass is 10.3. The van der Waals surface area contributed by atoms with Crippen LogP contribution in [0.15, 0.2) is 27.0 Å². The molecule has 0 atom stereocenters. The number of thioether (sulfide) groups is 3. The number of thiazole rings is 1. The maximum Gasteiger partial charge on any atom is 0.269 e. The van der Waals surface area contributed by atoms with E-state index < -0.39 is 10.1 Å². The van der Waals surface area contributed by atoms with Crippen LogP contribution in [0.4, 0.5) is 0 Å². The molecule has 0 bridgehead atoms. The van der Waals surface area contributed by atoms with E-state index in [1.807, 2.05) is 31.6 Å². The van der Waals surface area contributed by atoms with E-state index in [-0.39, 0.29) is 17.2 Å². The molecule has 1 saturated heterocycles. The third-order valence-electron chi connectivity index (χ3n) is 5.24.